The van der Waals surface area contributed by atoms with Crippen LogP contribution < -0.4 is 24.2 Å². The maximum atomic E-state index is 14.7. The lowest BCUT2D eigenvalue weighted by atomic mass is 9.95. The van der Waals surface area contributed by atoms with Gasteiger partial charge < -0.3 is 29.2 Å². The van der Waals surface area contributed by atoms with Gasteiger partial charge in [0.2, 0.25) is 21.8 Å². The molecular weight excluding hydrogens is 786 g/mol. The molecule has 0 radical (unpaired) electrons. The third-order valence-electron chi connectivity index (χ3n) is 11.7. The Kier molecular flexibility index (Phi) is 10.4. The first-order chi connectivity index (χ1) is 27.1. The number of pyridine rings is 1. The molecule has 2 aliphatic carbocycles. The van der Waals surface area contributed by atoms with Gasteiger partial charge >= 0.3 is 12.1 Å². The van der Waals surface area contributed by atoms with Crippen molar-refractivity contribution in [3.63, 3.8) is 0 Å². The summed E-state index contributed by atoms with van der Waals surface area (Å²) in [6, 6.07) is 2.86. The molecule has 3 amide bonds. The zero-order valence-corrected chi connectivity index (χ0v) is 33.9. The molecule has 316 valence electrons. The average Bonchev–Trinajstić information content (AvgIpc) is 4.03. The molecule has 7 rings (SSSR count). The van der Waals surface area contributed by atoms with E-state index in [4.69, 9.17) is 18.9 Å². The summed E-state index contributed by atoms with van der Waals surface area (Å²) >= 11 is 0. The van der Waals surface area contributed by atoms with Gasteiger partial charge in [0, 0.05) is 23.6 Å². The fraction of sp³-hybridized carbons (Fsp3) is 0.625. The van der Waals surface area contributed by atoms with E-state index in [9.17, 15) is 40.8 Å². The smallest absolute Gasteiger partial charge is 0.437 e. The summed E-state index contributed by atoms with van der Waals surface area (Å²) in [4.78, 5) is 61.5. The summed E-state index contributed by atoms with van der Waals surface area (Å²) in [6.07, 6.45) is 1.56. The van der Waals surface area contributed by atoms with Crippen LogP contribution in [0.5, 0.6) is 17.2 Å². The summed E-state index contributed by atoms with van der Waals surface area (Å²) in [5, 5.41) is 2.96. The van der Waals surface area contributed by atoms with Crippen LogP contribution in [0.25, 0.3) is 10.9 Å². The summed E-state index contributed by atoms with van der Waals surface area (Å²) in [5.41, 5.74) is -5.65. The summed E-state index contributed by atoms with van der Waals surface area (Å²) < 4.78 is 94.7. The Bertz CT molecular complexity index is 2170. The lowest BCUT2D eigenvalue weighted by Crippen LogP contribution is -2.57. The lowest BCUT2D eigenvalue weighted by Gasteiger charge is -2.36. The predicted octanol–water partition coefficient (Wildman–Crippen LogP) is 5.11. The van der Waals surface area contributed by atoms with Crippen molar-refractivity contribution in [3.05, 3.63) is 36.0 Å². The number of carbonyl (C=O) groups excluding carboxylic acids is 4. The van der Waals surface area contributed by atoms with Crippen molar-refractivity contribution in [1.29, 1.82) is 0 Å². The van der Waals surface area contributed by atoms with E-state index >= 15 is 0 Å². The van der Waals surface area contributed by atoms with E-state index < -0.39 is 97.2 Å². The van der Waals surface area contributed by atoms with Gasteiger partial charge in [0.25, 0.3) is 5.91 Å². The predicted molar refractivity (Wildman–Crippen MR) is 202 cm³/mol. The summed E-state index contributed by atoms with van der Waals surface area (Å²) in [5.74, 6) is -5.21. The van der Waals surface area contributed by atoms with Gasteiger partial charge in [-0.1, -0.05) is 25.0 Å². The third kappa shape index (κ3) is 8.04. The largest absolute Gasteiger partial charge is 0.497 e. The van der Waals surface area contributed by atoms with Gasteiger partial charge in [-0.15, -0.1) is 0 Å². The molecule has 1 saturated heterocycles. The zero-order valence-electron chi connectivity index (χ0n) is 33.1. The van der Waals surface area contributed by atoms with Crippen molar-refractivity contribution in [1.82, 2.24) is 19.9 Å². The van der Waals surface area contributed by atoms with Gasteiger partial charge in [0.1, 0.15) is 29.5 Å². The Morgan fingerprint density at radius 2 is 1.83 bits per heavy atom. The second-order valence-corrected chi connectivity index (χ2v) is 19.7. The van der Waals surface area contributed by atoms with Crippen molar-refractivity contribution in [2.45, 2.75) is 126 Å². The molecule has 4 heterocycles. The molecule has 0 unspecified atom stereocenters. The van der Waals surface area contributed by atoms with Crippen LogP contribution in [-0.2, 0) is 40.1 Å². The fourth-order valence-corrected chi connectivity index (χ4v) is 9.39. The van der Waals surface area contributed by atoms with Crippen LogP contribution in [-0.4, -0.2) is 89.8 Å². The number of halogens is 3. The second-order valence-electron chi connectivity index (χ2n) is 17.5. The number of hydrogen-bond donors (Lipinski definition) is 2. The standard InChI is InChI=1S/C40H49F3N4O10S/c1-36(2,3)56-29(48)17-23-11-9-7-6-8-10-12-24-19-39(24,35(51)46-58(52,53)37(4)15-16-37)45-33(49)28-20-38(21-47(28)34(23)50)22-55-30-26-18-25(54-5)13-14-27(26)44-32(31(30)57-38)40(41,42)43/h10,12-14,18,23-24,28H,6-9,11,15-17,19-22H2,1-5H3,(H,45,49)(H,46,51)/b12-10+/t23-,24+,28+,38-,39-/m1/s1. The van der Waals surface area contributed by atoms with Gasteiger partial charge in [0.15, 0.2) is 22.8 Å². The van der Waals surface area contributed by atoms with Crippen LogP contribution in [0, 0.1) is 11.8 Å². The summed E-state index contributed by atoms with van der Waals surface area (Å²) in [6.45, 7) is 5.80. The number of carbonyl (C=O) groups is 4. The van der Waals surface area contributed by atoms with E-state index in [0.717, 1.165) is 0 Å². The van der Waals surface area contributed by atoms with Gasteiger partial charge in [-0.05, 0) is 84.4 Å². The SMILES string of the molecule is COc1ccc2nc(C(F)(F)F)c3c(c2c1)OC[C@]1(C[C@H]2C(=O)N[C@]4(C(=O)NS(=O)(=O)C5(C)CC5)C[C@@H]4/C=C/CCCCC[C@H](CC(=O)OC(C)(C)C)C(=O)N2C1)O3. The highest BCUT2D eigenvalue weighted by Crippen LogP contribution is 2.52. The number of sulfonamides is 1. The Morgan fingerprint density at radius 3 is 2.50 bits per heavy atom. The van der Waals surface area contributed by atoms with Crippen molar-refractivity contribution >= 4 is 44.6 Å². The number of rotatable bonds is 6. The highest BCUT2D eigenvalue weighted by molar-refractivity contribution is 7.91. The first-order valence-corrected chi connectivity index (χ1v) is 21.1. The molecule has 1 aromatic heterocycles. The molecule has 2 N–H and O–H groups in total. The molecule has 18 heteroatoms. The maximum Gasteiger partial charge on any atom is 0.437 e. The second kappa shape index (κ2) is 14.6. The number of methoxy groups -OCH3 is 1. The third-order valence-corrected chi connectivity index (χ3v) is 13.9. The highest BCUT2D eigenvalue weighted by Gasteiger charge is 2.64. The van der Waals surface area contributed by atoms with Crippen molar-refractivity contribution in [3.8, 4) is 17.2 Å². The number of allylic oxidation sites excluding steroid dienone is 1. The Labute approximate surface area is 334 Å². The van der Waals surface area contributed by atoms with Crippen LogP contribution >= 0.6 is 0 Å². The van der Waals surface area contributed by atoms with Gasteiger partial charge in [0.05, 0.1) is 30.3 Å². The molecule has 1 spiro atoms. The topological polar surface area (TPSA) is 180 Å². The van der Waals surface area contributed by atoms with Crippen molar-refractivity contribution in [2.75, 3.05) is 20.3 Å². The number of benzene rings is 1. The number of aromatic nitrogens is 1. The van der Waals surface area contributed by atoms with Crippen molar-refractivity contribution < 1.29 is 59.7 Å². The fourth-order valence-electron chi connectivity index (χ4n) is 8.08. The van der Waals surface area contributed by atoms with E-state index in [1.165, 1.54) is 37.1 Å². The van der Waals surface area contributed by atoms with Crippen molar-refractivity contribution in [2.24, 2.45) is 11.8 Å². The van der Waals surface area contributed by atoms with E-state index in [-0.39, 0.29) is 48.9 Å². The minimum atomic E-state index is -5.00. The number of hydrogen-bond acceptors (Lipinski definition) is 11. The number of amides is 3. The monoisotopic (exact) mass is 834 g/mol. The Balaban J connectivity index is 1.27. The zero-order chi connectivity index (χ0) is 42.1. The Morgan fingerprint density at radius 1 is 1.09 bits per heavy atom. The molecule has 2 aromatic rings. The number of alkyl halides is 3. The van der Waals surface area contributed by atoms with Crippen LogP contribution in [0.1, 0.15) is 97.6 Å². The Hall–Kier alpha value is -4.61. The van der Waals surface area contributed by atoms with Gasteiger partial charge in [-0.25, -0.2) is 13.4 Å². The van der Waals surface area contributed by atoms with E-state index in [1.807, 2.05) is 6.08 Å². The first kappa shape index (κ1) is 41.5. The number of ether oxygens (including phenoxy) is 4. The van der Waals surface area contributed by atoms with Gasteiger partial charge in [-0.2, -0.15) is 13.2 Å². The van der Waals surface area contributed by atoms with Crippen LogP contribution in [0.3, 0.4) is 0 Å². The molecule has 5 aliphatic rings. The first-order valence-electron chi connectivity index (χ1n) is 19.6. The minimum Gasteiger partial charge on any atom is -0.497 e. The highest BCUT2D eigenvalue weighted by atomic mass is 32.2. The minimum absolute atomic E-state index is 0.0284. The maximum absolute atomic E-state index is 14.7. The molecule has 14 nitrogen and oxygen atoms in total. The molecular formula is C40H49F3N4O10S. The van der Waals surface area contributed by atoms with E-state index in [1.54, 1.807) is 26.8 Å². The van der Waals surface area contributed by atoms with E-state index in [2.05, 4.69) is 15.0 Å². The average molecular weight is 835 g/mol. The molecule has 58 heavy (non-hydrogen) atoms. The molecule has 2 saturated carbocycles. The summed E-state index contributed by atoms with van der Waals surface area (Å²) in [7, 11) is -2.70. The van der Waals surface area contributed by atoms with Crippen LogP contribution in [0.2, 0.25) is 0 Å². The number of nitrogens with one attached hydrogen (secondary N) is 2. The number of nitrogens with zero attached hydrogens (tertiary/aromatic N) is 2. The lowest BCUT2D eigenvalue weighted by molar-refractivity contribution is -0.159. The van der Waals surface area contributed by atoms with Crippen LogP contribution in [0.4, 0.5) is 13.2 Å². The van der Waals surface area contributed by atoms with E-state index in [0.29, 0.717) is 44.3 Å². The molecule has 5 atom stereocenters. The number of esters is 1. The molecule has 3 aliphatic heterocycles. The molecule has 0 bridgehead atoms. The number of fused-ring (bicyclic) bond motifs is 5. The van der Waals surface area contributed by atoms with Crippen LogP contribution in [0.15, 0.2) is 30.4 Å². The molecule has 3 fully saturated rings. The quantitative estimate of drug-likeness (QED) is 0.292. The molecule has 1 aromatic carbocycles. The normalized spacial score (nSPS) is 29.0. The van der Waals surface area contributed by atoms with Gasteiger partial charge in [-0.3, -0.25) is 23.9 Å².